The average molecular weight is 210 g/mol. The highest BCUT2D eigenvalue weighted by atomic mass is 16.2. The maximum absolute atomic E-state index is 12.0. The van der Waals surface area contributed by atoms with E-state index < -0.39 is 0 Å². The van der Waals surface area contributed by atoms with Crippen LogP contribution in [0.15, 0.2) is 12.7 Å². The lowest BCUT2D eigenvalue weighted by molar-refractivity contribution is -0.132. The second kappa shape index (κ2) is 5.91. The lowest BCUT2D eigenvalue weighted by Crippen LogP contribution is -2.40. The van der Waals surface area contributed by atoms with Crippen LogP contribution in [-0.2, 0) is 4.79 Å². The Balaban J connectivity index is 2.43. The predicted molar refractivity (Wildman–Crippen MR) is 62.7 cm³/mol. The van der Waals surface area contributed by atoms with Gasteiger partial charge in [0.1, 0.15) is 0 Å². The molecule has 1 rings (SSSR count). The number of nitrogens with zero attached hydrogens (tertiary/aromatic N) is 1. The zero-order valence-corrected chi connectivity index (χ0v) is 9.83. The van der Waals surface area contributed by atoms with Gasteiger partial charge in [-0.15, -0.1) is 6.58 Å². The first-order valence-corrected chi connectivity index (χ1v) is 5.79. The van der Waals surface area contributed by atoms with Gasteiger partial charge in [0, 0.05) is 25.0 Å². The third kappa shape index (κ3) is 3.67. The third-order valence-corrected chi connectivity index (χ3v) is 2.85. The number of carbonyl (C=O) groups excluding carboxylic acids is 1. The molecule has 1 saturated heterocycles. The molecule has 1 fully saturated rings. The molecule has 0 saturated carbocycles. The van der Waals surface area contributed by atoms with E-state index in [1.807, 2.05) is 18.7 Å². The van der Waals surface area contributed by atoms with E-state index in [0.29, 0.717) is 19.0 Å². The van der Waals surface area contributed by atoms with E-state index in [-0.39, 0.29) is 11.9 Å². The Hall–Kier alpha value is -0.830. The fraction of sp³-hybridized carbons (Fsp3) is 0.750. The van der Waals surface area contributed by atoms with Crippen molar-refractivity contribution in [3.8, 4) is 0 Å². The summed E-state index contributed by atoms with van der Waals surface area (Å²) < 4.78 is 0. The monoisotopic (exact) mass is 210 g/mol. The second-order valence-corrected chi connectivity index (χ2v) is 4.43. The number of rotatable bonds is 5. The zero-order valence-electron chi connectivity index (χ0n) is 9.83. The molecule has 0 aromatic carbocycles. The topological polar surface area (TPSA) is 32.3 Å². The Kier molecular flexibility index (Phi) is 4.82. The summed E-state index contributed by atoms with van der Waals surface area (Å²) in [5, 5.41) is 3.35. The van der Waals surface area contributed by atoms with Gasteiger partial charge >= 0.3 is 0 Å². The van der Waals surface area contributed by atoms with Crippen LogP contribution in [0.5, 0.6) is 0 Å². The summed E-state index contributed by atoms with van der Waals surface area (Å²) in [7, 11) is 0. The van der Waals surface area contributed by atoms with E-state index in [2.05, 4.69) is 11.9 Å². The van der Waals surface area contributed by atoms with Gasteiger partial charge in [0.05, 0.1) is 0 Å². The summed E-state index contributed by atoms with van der Waals surface area (Å²) in [6, 6.07) is 0.653. The first-order valence-electron chi connectivity index (χ1n) is 5.79. The van der Waals surface area contributed by atoms with Gasteiger partial charge in [-0.2, -0.15) is 0 Å². The fourth-order valence-electron chi connectivity index (χ4n) is 2.00. The first-order chi connectivity index (χ1) is 7.15. The second-order valence-electron chi connectivity index (χ2n) is 4.43. The van der Waals surface area contributed by atoms with Gasteiger partial charge < -0.3 is 10.2 Å². The number of amides is 1. The molecule has 1 aliphatic rings. The smallest absolute Gasteiger partial charge is 0.224 e. The molecular formula is C12H22N2O. The Morgan fingerprint density at radius 1 is 1.67 bits per heavy atom. The molecule has 86 valence electrons. The van der Waals surface area contributed by atoms with Crippen molar-refractivity contribution in [1.29, 1.82) is 0 Å². The van der Waals surface area contributed by atoms with Crippen molar-refractivity contribution in [3.05, 3.63) is 12.7 Å². The molecule has 1 unspecified atom stereocenters. The minimum atomic E-state index is 0.240. The van der Waals surface area contributed by atoms with E-state index in [4.69, 9.17) is 0 Å². The maximum atomic E-state index is 12.0. The van der Waals surface area contributed by atoms with Crippen LogP contribution in [0.3, 0.4) is 0 Å². The Morgan fingerprint density at radius 3 is 2.87 bits per heavy atom. The first kappa shape index (κ1) is 12.2. The van der Waals surface area contributed by atoms with Crippen LogP contribution in [0.2, 0.25) is 0 Å². The molecule has 15 heavy (non-hydrogen) atoms. The summed E-state index contributed by atoms with van der Waals surface area (Å²) in [5.41, 5.74) is 0. The van der Waals surface area contributed by atoms with Gasteiger partial charge in [-0.3, -0.25) is 4.79 Å². The summed E-state index contributed by atoms with van der Waals surface area (Å²) >= 11 is 0. The normalized spacial score (nSPS) is 20.6. The average Bonchev–Trinajstić information content (AvgIpc) is 2.65. The number of hydrogen-bond donors (Lipinski definition) is 1. The maximum Gasteiger partial charge on any atom is 0.224 e. The van der Waals surface area contributed by atoms with Crippen molar-refractivity contribution in [2.45, 2.75) is 45.2 Å². The van der Waals surface area contributed by atoms with Crippen LogP contribution in [-0.4, -0.2) is 36.0 Å². The Labute approximate surface area is 92.5 Å². The summed E-state index contributed by atoms with van der Waals surface area (Å²) in [5.74, 6) is 0.240. The molecule has 0 aromatic heterocycles. The van der Waals surface area contributed by atoms with E-state index in [9.17, 15) is 4.79 Å². The van der Waals surface area contributed by atoms with Crippen molar-refractivity contribution in [1.82, 2.24) is 10.2 Å². The quantitative estimate of drug-likeness (QED) is 0.698. The van der Waals surface area contributed by atoms with Gasteiger partial charge in [-0.1, -0.05) is 6.08 Å². The highest BCUT2D eigenvalue weighted by Crippen LogP contribution is 2.11. The highest BCUT2D eigenvalue weighted by Gasteiger charge is 2.22. The molecular weight excluding hydrogens is 188 g/mol. The molecule has 1 N–H and O–H groups in total. The van der Waals surface area contributed by atoms with Gasteiger partial charge in [0.25, 0.3) is 0 Å². The van der Waals surface area contributed by atoms with Crippen molar-refractivity contribution in [2.75, 3.05) is 13.1 Å². The van der Waals surface area contributed by atoms with Crippen molar-refractivity contribution < 1.29 is 4.79 Å². The molecule has 0 aromatic rings. The van der Waals surface area contributed by atoms with Crippen LogP contribution in [0.25, 0.3) is 0 Å². The molecule has 1 amide bonds. The minimum Gasteiger partial charge on any atom is -0.337 e. The van der Waals surface area contributed by atoms with Gasteiger partial charge in [-0.05, 0) is 33.2 Å². The van der Waals surface area contributed by atoms with E-state index >= 15 is 0 Å². The van der Waals surface area contributed by atoms with Gasteiger partial charge in [0.15, 0.2) is 0 Å². The molecule has 1 heterocycles. The van der Waals surface area contributed by atoms with Crippen molar-refractivity contribution in [2.24, 2.45) is 0 Å². The Morgan fingerprint density at radius 2 is 2.40 bits per heavy atom. The number of hydrogen-bond acceptors (Lipinski definition) is 2. The molecule has 0 bridgehead atoms. The van der Waals surface area contributed by atoms with E-state index in [0.717, 1.165) is 13.0 Å². The molecule has 1 aliphatic heterocycles. The number of nitrogens with one attached hydrogen (secondary N) is 1. The molecule has 0 aliphatic carbocycles. The van der Waals surface area contributed by atoms with Crippen LogP contribution >= 0.6 is 0 Å². The third-order valence-electron chi connectivity index (χ3n) is 2.85. The molecule has 0 spiro atoms. The lowest BCUT2D eigenvalue weighted by Gasteiger charge is -2.26. The SMILES string of the molecule is C=CCN(C(=O)CC1CCCN1)C(C)C. The van der Waals surface area contributed by atoms with Gasteiger partial charge in [-0.25, -0.2) is 0 Å². The molecule has 3 nitrogen and oxygen atoms in total. The van der Waals surface area contributed by atoms with Crippen LogP contribution in [0.4, 0.5) is 0 Å². The molecule has 0 radical (unpaired) electrons. The van der Waals surface area contributed by atoms with Crippen LogP contribution in [0.1, 0.15) is 33.1 Å². The zero-order chi connectivity index (χ0) is 11.3. The highest BCUT2D eigenvalue weighted by molar-refractivity contribution is 5.77. The molecule has 3 heteroatoms. The number of carbonyl (C=O) groups is 1. The van der Waals surface area contributed by atoms with E-state index in [1.165, 1.54) is 6.42 Å². The summed E-state index contributed by atoms with van der Waals surface area (Å²) in [4.78, 5) is 13.9. The fourth-order valence-corrected chi connectivity index (χ4v) is 2.00. The standard InChI is InChI=1S/C12H22N2O/c1-4-8-14(10(2)3)12(15)9-11-6-5-7-13-11/h4,10-11,13H,1,5-9H2,2-3H3. The Bertz CT molecular complexity index is 220. The van der Waals surface area contributed by atoms with Crippen LogP contribution < -0.4 is 5.32 Å². The summed E-state index contributed by atoms with van der Waals surface area (Å²) in [6.45, 7) is 9.49. The van der Waals surface area contributed by atoms with Crippen LogP contribution in [0, 0.1) is 0 Å². The van der Waals surface area contributed by atoms with Crippen molar-refractivity contribution in [3.63, 3.8) is 0 Å². The van der Waals surface area contributed by atoms with Gasteiger partial charge in [0.2, 0.25) is 5.91 Å². The molecule has 1 atom stereocenters. The largest absolute Gasteiger partial charge is 0.337 e. The van der Waals surface area contributed by atoms with Crippen molar-refractivity contribution >= 4 is 5.91 Å². The summed E-state index contributed by atoms with van der Waals surface area (Å²) in [6.07, 6.45) is 4.75. The predicted octanol–water partition coefficient (Wildman–Crippen LogP) is 1.55. The minimum absolute atomic E-state index is 0.240. The lowest BCUT2D eigenvalue weighted by atomic mass is 10.1. The van der Waals surface area contributed by atoms with E-state index in [1.54, 1.807) is 6.08 Å².